The predicted molar refractivity (Wildman–Crippen MR) is 108 cm³/mol. The lowest BCUT2D eigenvalue weighted by atomic mass is 9.72. The fourth-order valence-corrected chi connectivity index (χ4v) is 4.85. The molecule has 10 heteroatoms. The van der Waals surface area contributed by atoms with Gasteiger partial charge in [-0.15, -0.1) is 0 Å². The van der Waals surface area contributed by atoms with Crippen molar-refractivity contribution in [3.8, 4) is 0 Å². The van der Waals surface area contributed by atoms with Crippen LogP contribution in [0.4, 0.5) is 17.6 Å². The Balaban J connectivity index is 1.83. The van der Waals surface area contributed by atoms with Crippen molar-refractivity contribution in [1.82, 2.24) is 10.2 Å². The molecule has 2 atom stereocenters. The van der Waals surface area contributed by atoms with Gasteiger partial charge in [0.05, 0.1) is 18.2 Å². The first-order valence-electron chi connectivity index (χ1n) is 10.7. The molecule has 4 rings (SSSR count). The number of ketones is 1. The molecule has 1 fully saturated rings. The Hall–Kier alpha value is -2.75. The van der Waals surface area contributed by atoms with E-state index in [1.165, 1.54) is 0 Å². The molecule has 1 aromatic rings. The van der Waals surface area contributed by atoms with E-state index in [9.17, 15) is 31.9 Å². The second kappa shape index (κ2) is 7.93. The van der Waals surface area contributed by atoms with Crippen LogP contribution < -0.4 is 5.32 Å². The first-order valence-corrected chi connectivity index (χ1v) is 10.7. The number of ether oxygens (including phenoxy) is 1. The van der Waals surface area contributed by atoms with Gasteiger partial charge < -0.3 is 15.0 Å². The van der Waals surface area contributed by atoms with Gasteiger partial charge in [-0.25, -0.2) is 4.39 Å². The number of hydrogen-bond donors (Lipinski definition) is 1. The van der Waals surface area contributed by atoms with Crippen molar-refractivity contribution in [2.24, 2.45) is 5.41 Å². The summed E-state index contributed by atoms with van der Waals surface area (Å²) < 4.78 is 62.8. The smallest absolute Gasteiger partial charge is 0.376 e. The summed E-state index contributed by atoms with van der Waals surface area (Å²) in [5, 5.41) is 1.83. The lowest BCUT2D eigenvalue weighted by molar-refractivity contribution is -0.191. The van der Waals surface area contributed by atoms with Crippen molar-refractivity contribution in [3.05, 3.63) is 46.9 Å². The van der Waals surface area contributed by atoms with Gasteiger partial charge in [0.25, 0.3) is 11.8 Å². The molecule has 0 spiro atoms. The van der Waals surface area contributed by atoms with Crippen molar-refractivity contribution in [3.63, 3.8) is 0 Å². The number of amides is 2. The fraction of sp³-hybridized carbons (Fsp3) is 0.522. The van der Waals surface area contributed by atoms with Gasteiger partial charge in [0, 0.05) is 24.3 Å². The maximum absolute atomic E-state index is 14.7. The van der Waals surface area contributed by atoms with Crippen LogP contribution in [0.25, 0.3) is 0 Å². The minimum Gasteiger partial charge on any atom is -0.376 e. The quantitative estimate of drug-likeness (QED) is 0.687. The fourth-order valence-electron chi connectivity index (χ4n) is 4.85. The summed E-state index contributed by atoms with van der Waals surface area (Å²) in [5.41, 5.74) is -5.19. The number of allylic oxidation sites excluding steroid dienone is 1. The number of halogens is 4. The second-order valence-electron chi connectivity index (χ2n) is 9.52. The zero-order valence-electron chi connectivity index (χ0n) is 18.2. The molecule has 0 bridgehead atoms. The highest BCUT2D eigenvalue weighted by molar-refractivity contribution is 6.14. The molecule has 0 saturated carbocycles. The molecule has 3 aliphatic rings. The average Bonchev–Trinajstić information content (AvgIpc) is 3.29. The zero-order chi connectivity index (χ0) is 24.2. The van der Waals surface area contributed by atoms with Gasteiger partial charge >= 0.3 is 6.18 Å². The van der Waals surface area contributed by atoms with E-state index in [1.54, 1.807) is 13.8 Å². The zero-order valence-corrected chi connectivity index (χ0v) is 18.2. The van der Waals surface area contributed by atoms with Crippen molar-refractivity contribution in [2.75, 3.05) is 13.2 Å². The van der Waals surface area contributed by atoms with Crippen molar-refractivity contribution < 1.29 is 36.7 Å². The van der Waals surface area contributed by atoms with Gasteiger partial charge in [0.15, 0.2) is 5.78 Å². The van der Waals surface area contributed by atoms with E-state index in [1.807, 2.05) is 5.32 Å². The number of nitrogens with zero attached hydrogens (tertiary/aromatic N) is 1. The lowest BCUT2D eigenvalue weighted by Crippen LogP contribution is -2.66. The Morgan fingerprint density at radius 1 is 1.18 bits per heavy atom. The Morgan fingerprint density at radius 3 is 2.42 bits per heavy atom. The topological polar surface area (TPSA) is 75.7 Å². The Morgan fingerprint density at radius 2 is 1.85 bits per heavy atom. The second-order valence-corrected chi connectivity index (χ2v) is 9.52. The van der Waals surface area contributed by atoms with Crippen molar-refractivity contribution in [2.45, 2.75) is 57.3 Å². The van der Waals surface area contributed by atoms with Crippen LogP contribution >= 0.6 is 0 Å². The molecule has 1 aromatic carbocycles. The molecule has 0 aromatic heterocycles. The van der Waals surface area contributed by atoms with Crippen LogP contribution in [0.1, 0.15) is 49.9 Å². The number of carbonyl (C=O) groups excluding carboxylic acids is 3. The summed E-state index contributed by atoms with van der Waals surface area (Å²) in [7, 11) is 0. The van der Waals surface area contributed by atoms with E-state index in [-0.39, 0.29) is 30.6 Å². The number of Topliss-reactive ketones (excluding diaryl/α,β-unsaturated/α-hetero) is 1. The first kappa shape index (κ1) is 23.4. The molecule has 1 N–H and O–H groups in total. The minimum atomic E-state index is -5.29. The average molecular weight is 468 g/mol. The summed E-state index contributed by atoms with van der Waals surface area (Å²) in [6.45, 7) is 3.79. The van der Waals surface area contributed by atoms with E-state index < -0.39 is 52.2 Å². The third-order valence-electron chi connectivity index (χ3n) is 6.36. The molecule has 2 aliphatic heterocycles. The van der Waals surface area contributed by atoms with Gasteiger partial charge in [-0.2, -0.15) is 13.2 Å². The number of benzene rings is 1. The molecular formula is C23H24F4N2O4. The van der Waals surface area contributed by atoms with E-state index in [0.717, 1.165) is 35.6 Å². The largest absolute Gasteiger partial charge is 0.425 e. The number of rotatable bonds is 4. The molecule has 2 amide bonds. The standard InChI is InChI=1S/C23H24F4N2O4/c1-21(2)10-16-18(17(30)11-21)22(23(25,26)27,20(32)29(16)12-15-4-3-9-33-15)28-19(31)13-5-7-14(24)8-6-13/h5-8,15H,3-4,9-12H2,1-2H3,(H,28,31)/t15-,22+/m1/s1. The summed E-state index contributed by atoms with van der Waals surface area (Å²) in [6, 6.07) is 3.88. The normalized spacial score (nSPS) is 27.2. The SMILES string of the molecule is CC1(C)CC(=O)C2=C(C1)N(C[C@H]1CCCO1)C(=O)[C@]2(NC(=O)c1ccc(F)cc1)C(F)(F)F. The molecule has 0 radical (unpaired) electrons. The van der Waals surface area contributed by atoms with Crippen LogP contribution in [0.2, 0.25) is 0 Å². The number of carbonyl (C=O) groups is 3. The molecule has 33 heavy (non-hydrogen) atoms. The molecule has 2 heterocycles. The van der Waals surface area contributed by atoms with Crippen molar-refractivity contribution >= 4 is 17.6 Å². The number of nitrogens with one attached hydrogen (secondary N) is 1. The summed E-state index contributed by atoms with van der Waals surface area (Å²) in [5.74, 6) is -4.16. The lowest BCUT2D eigenvalue weighted by Gasteiger charge is -2.35. The Kier molecular flexibility index (Phi) is 5.63. The van der Waals surface area contributed by atoms with E-state index >= 15 is 0 Å². The van der Waals surface area contributed by atoms with Gasteiger partial charge in [0.1, 0.15) is 5.82 Å². The van der Waals surface area contributed by atoms with Crippen LogP contribution in [0.15, 0.2) is 35.5 Å². The van der Waals surface area contributed by atoms with Gasteiger partial charge in [-0.3, -0.25) is 14.4 Å². The highest BCUT2D eigenvalue weighted by Crippen LogP contribution is 2.52. The van der Waals surface area contributed by atoms with E-state index in [4.69, 9.17) is 4.74 Å². The third kappa shape index (κ3) is 3.94. The Labute approximate surface area is 187 Å². The highest BCUT2D eigenvalue weighted by Gasteiger charge is 2.71. The molecule has 6 nitrogen and oxygen atoms in total. The van der Waals surface area contributed by atoms with Crippen LogP contribution in [0.3, 0.4) is 0 Å². The van der Waals surface area contributed by atoms with Gasteiger partial charge in [-0.1, -0.05) is 13.8 Å². The van der Waals surface area contributed by atoms with Crippen LogP contribution in [-0.4, -0.2) is 53.5 Å². The molecule has 1 aliphatic carbocycles. The monoisotopic (exact) mass is 468 g/mol. The maximum atomic E-state index is 14.7. The number of hydrogen-bond acceptors (Lipinski definition) is 4. The molecular weight excluding hydrogens is 444 g/mol. The van der Waals surface area contributed by atoms with Crippen LogP contribution in [-0.2, 0) is 14.3 Å². The van der Waals surface area contributed by atoms with Crippen molar-refractivity contribution in [1.29, 1.82) is 0 Å². The molecule has 1 saturated heterocycles. The summed E-state index contributed by atoms with van der Waals surface area (Å²) in [4.78, 5) is 40.3. The maximum Gasteiger partial charge on any atom is 0.425 e. The molecule has 0 unspecified atom stereocenters. The number of alkyl halides is 3. The van der Waals surface area contributed by atoms with E-state index in [0.29, 0.717) is 13.0 Å². The highest BCUT2D eigenvalue weighted by atomic mass is 19.4. The van der Waals surface area contributed by atoms with Gasteiger partial charge in [0.2, 0.25) is 5.54 Å². The first-order chi connectivity index (χ1) is 15.4. The van der Waals surface area contributed by atoms with Crippen LogP contribution in [0.5, 0.6) is 0 Å². The molecule has 178 valence electrons. The summed E-state index contributed by atoms with van der Waals surface area (Å²) in [6.07, 6.45) is -4.59. The summed E-state index contributed by atoms with van der Waals surface area (Å²) >= 11 is 0. The van der Waals surface area contributed by atoms with E-state index in [2.05, 4.69) is 0 Å². The van der Waals surface area contributed by atoms with Gasteiger partial charge in [-0.05, 0) is 48.9 Å². The third-order valence-corrected chi connectivity index (χ3v) is 6.36. The minimum absolute atomic E-state index is 0.0199. The predicted octanol–water partition coefficient (Wildman–Crippen LogP) is 3.52. The Bertz CT molecular complexity index is 1030. The van der Waals surface area contributed by atoms with Crippen LogP contribution in [0, 0.1) is 11.2 Å².